The molecule has 0 aliphatic carbocycles. The quantitative estimate of drug-likeness (QED) is 0.772. The maximum absolute atomic E-state index is 12.8. The smallest absolute Gasteiger partial charge is 0.224 e. The molecule has 106 valence electrons. The molecule has 4 nitrogen and oxygen atoms in total. The van der Waals surface area contributed by atoms with Gasteiger partial charge in [-0.1, -0.05) is 12.1 Å². The van der Waals surface area contributed by atoms with Gasteiger partial charge < -0.3 is 5.32 Å². The van der Waals surface area contributed by atoms with Crippen molar-refractivity contribution in [1.29, 1.82) is 0 Å². The fourth-order valence-electron chi connectivity index (χ4n) is 2.15. The Morgan fingerprint density at radius 3 is 2.81 bits per heavy atom. The van der Waals surface area contributed by atoms with Crippen LogP contribution in [0.15, 0.2) is 48.7 Å². The van der Waals surface area contributed by atoms with Crippen molar-refractivity contribution in [3.05, 3.63) is 60.0 Å². The highest BCUT2D eigenvalue weighted by molar-refractivity contribution is 5.93. The topological polar surface area (TPSA) is 57.8 Å². The molecule has 2 N–H and O–H groups in total. The Hall–Kier alpha value is -2.69. The van der Waals surface area contributed by atoms with Crippen molar-refractivity contribution in [2.75, 3.05) is 5.32 Å². The number of fused-ring (bicyclic) bond motifs is 1. The van der Waals surface area contributed by atoms with Gasteiger partial charge in [0.1, 0.15) is 5.82 Å². The first-order chi connectivity index (χ1) is 10.2. The van der Waals surface area contributed by atoms with E-state index in [-0.39, 0.29) is 11.7 Å². The van der Waals surface area contributed by atoms with Crippen LogP contribution in [0.3, 0.4) is 0 Å². The van der Waals surface area contributed by atoms with E-state index in [2.05, 4.69) is 15.5 Å². The van der Waals surface area contributed by atoms with Gasteiger partial charge in [0.15, 0.2) is 0 Å². The lowest BCUT2D eigenvalue weighted by atomic mass is 10.1. The third-order valence-electron chi connectivity index (χ3n) is 3.28. The fourth-order valence-corrected chi connectivity index (χ4v) is 2.15. The minimum atomic E-state index is -0.267. The van der Waals surface area contributed by atoms with Crippen molar-refractivity contribution in [3.8, 4) is 0 Å². The average molecular weight is 283 g/mol. The summed E-state index contributed by atoms with van der Waals surface area (Å²) in [5, 5.41) is 10.6. The molecular formula is C16H14FN3O. The number of benzene rings is 2. The molecule has 0 unspecified atom stereocenters. The lowest BCUT2D eigenvalue weighted by Gasteiger charge is -2.05. The van der Waals surface area contributed by atoms with Crippen molar-refractivity contribution in [3.63, 3.8) is 0 Å². The number of hydrogen-bond acceptors (Lipinski definition) is 2. The number of carbonyl (C=O) groups excluding carboxylic acids is 1. The summed E-state index contributed by atoms with van der Waals surface area (Å²) in [6.07, 6.45) is 2.65. The molecule has 3 aromatic rings. The minimum absolute atomic E-state index is 0.0674. The monoisotopic (exact) mass is 283 g/mol. The lowest BCUT2D eigenvalue weighted by Crippen LogP contribution is -2.12. The van der Waals surface area contributed by atoms with Gasteiger partial charge >= 0.3 is 0 Å². The van der Waals surface area contributed by atoms with Crippen LogP contribution < -0.4 is 5.32 Å². The van der Waals surface area contributed by atoms with E-state index < -0.39 is 0 Å². The summed E-state index contributed by atoms with van der Waals surface area (Å²) >= 11 is 0. The van der Waals surface area contributed by atoms with Crippen LogP contribution in [0.25, 0.3) is 10.9 Å². The Morgan fingerprint density at radius 1 is 1.19 bits per heavy atom. The molecule has 0 spiro atoms. The van der Waals surface area contributed by atoms with Gasteiger partial charge in [-0.25, -0.2) is 4.39 Å². The number of hydrogen-bond donors (Lipinski definition) is 2. The first-order valence-electron chi connectivity index (χ1n) is 6.68. The van der Waals surface area contributed by atoms with E-state index in [1.165, 1.54) is 12.1 Å². The molecule has 5 heteroatoms. The Kier molecular flexibility index (Phi) is 3.64. The number of nitrogens with one attached hydrogen (secondary N) is 2. The number of rotatable bonds is 4. The highest BCUT2D eigenvalue weighted by Crippen LogP contribution is 2.17. The molecule has 2 aromatic carbocycles. The minimum Gasteiger partial charge on any atom is -0.326 e. The highest BCUT2D eigenvalue weighted by Gasteiger charge is 2.05. The Labute approximate surface area is 121 Å². The van der Waals surface area contributed by atoms with Crippen molar-refractivity contribution >= 4 is 22.5 Å². The molecule has 21 heavy (non-hydrogen) atoms. The predicted molar refractivity (Wildman–Crippen MR) is 79.4 cm³/mol. The molecule has 0 aliphatic rings. The van der Waals surface area contributed by atoms with Gasteiger partial charge in [-0.3, -0.25) is 9.89 Å². The predicted octanol–water partition coefficient (Wildman–Crippen LogP) is 3.27. The number of H-pyrrole nitrogens is 1. The number of carbonyl (C=O) groups is 1. The van der Waals surface area contributed by atoms with Crippen LogP contribution in [0.5, 0.6) is 0 Å². The Morgan fingerprint density at radius 2 is 2.00 bits per heavy atom. The molecule has 0 saturated heterocycles. The molecule has 1 amide bonds. The third-order valence-corrected chi connectivity index (χ3v) is 3.28. The summed E-state index contributed by atoms with van der Waals surface area (Å²) in [5.41, 5.74) is 2.61. The molecule has 0 atom stereocenters. The van der Waals surface area contributed by atoms with E-state index in [9.17, 15) is 9.18 Å². The second-order valence-electron chi connectivity index (χ2n) is 4.85. The lowest BCUT2D eigenvalue weighted by molar-refractivity contribution is -0.116. The maximum Gasteiger partial charge on any atom is 0.224 e. The van der Waals surface area contributed by atoms with Gasteiger partial charge in [0, 0.05) is 17.5 Å². The second kappa shape index (κ2) is 5.75. The number of amides is 1. The SMILES string of the molecule is O=C(CCc1ccc(F)cc1)Nc1ccc2[nH]ncc2c1. The number of nitrogens with zero attached hydrogens (tertiary/aromatic N) is 1. The van der Waals surface area contributed by atoms with E-state index >= 15 is 0 Å². The van der Waals surface area contributed by atoms with Crippen molar-refractivity contribution in [1.82, 2.24) is 10.2 Å². The van der Waals surface area contributed by atoms with Crippen LogP contribution >= 0.6 is 0 Å². The highest BCUT2D eigenvalue weighted by atomic mass is 19.1. The Balaban J connectivity index is 1.59. The van der Waals surface area contributed by atoms with Crippen molar-refractivity contribution < 1.29 is 9.18 Å². The number of aryl methyl sites for hydroxylation is 1. The largest absolute Gasteiger partial charge is 0.326 e. The second-order valence-corrected chi connectivity index (χ2v) is 4.85. The third kappa shape index (κ3) is 3.25. The van der Waals surface area contributed by atoms with E-state index in [1.807, 2.05) is 18.2 Å². The number of halogens is 1. The first-order valence-corrected chi connectivity index (χ1v) is 6.68. The molecule has 1 heterocycles. The van der Waals surface area contributed by atoms with Crippen LogP contribution in [0.2, 0.25) is 0 Å². The van der Waals surface area contributed by atoms with Crippen molar-refractivity contribution in [2.24, 2.45) is 0 Å². The van der Waals surface area contributed by atoms with E-state index in [1.54, 1.807) is 18.3 Å². The van der Waals surface area contributed by atoms with E-state index in [0.29, 0.717) is 12.8 Å². The van der Waals surface area contributed by atoms with Gasteiger partial charge in [-0.05, 0) is 42.3 Å². The van der Waals surface area contributed by atoms with Gasteiger partial charge in [0.2, 0.25) is 5.91 Å². The fraction of sp³-hybridized carbons (Fsp3) is 0.125. The number of aromatic nitrogens is 2. The first kappa shape index (κ1) is 13.3. The summed E-state index contributed by atoms with van der Waals surface area (Å²) < 4.78 is 12.8. The summed E-state index contributed by atoms with van der Waals surface area (Å²) in [7, 11) is 0. The standard InChI is InChI=1S/C16H14FN3O/c17-13-4-1-11(2-5-13)3-8-16(21)19-14-6-7-15-12(9-14)10-18-20-15/h1-2,4-7,9-10H,3,8H2,(H,18,20)(H,19,21). The summed E-state index contributed by atoms with van der Waals surface area (Å²) in [4.78, 5) is 11.9. The zero-order valence-electron chi connectivity index (χ0n) is 11.3. The average Bonchev–Trinajstić information content (AvgIpc) is 2.94. The molecule has 0 aliphatic heterocycles. The van der Waals surface area contributed by atoms with Crippen LogP contribution in [-0.2, 0) is 11.2 Å². The molecule has 0 bridgehead atoms. The molecule has 0 fully saturated rings. The molecule has 1 aromatic heterocycles. The van der Waals surface area contributed by atoms with Crippen LogP contribution in [-0.4, -0.2) is 16.1 Å². The van der Waals surface area contributed by atoms with Gasteiger partial charge in [0.25, 0.3) is 0 Å². The van der Waals surface area contributed by atoms with Crippen LogP contribution in [0.1, 0.15) is 12.0 Å². The summed E-state index contributed by atoms with van der Waals surface area (Å²) in [5.74, 6) is -0.334. The summed E-state index contributed by atoms with van der Waals surface area (Å²) in [6.45, 7) is 0. The molecule has 3 rings (SSSR count). The van der Waals surface area contributed by atoms with Gasteiger partial charge in [-0.2, -0.15) is 5.10 Å². The van der Waals surface area contributed by atoms with Crippen molar-refractivity contribution in [2.45, 2.75) is 12.8 Å². The summed E-state index contributed by atoms with van der Waals surface area (Å²) in [6, 6.07) is 11.8. The normalized spacial score (nSPS) is 10.7. The van der Waals surface area contributed by atoms with Gasteiger partial charge in [0.05, 0.1) is 11.7 Å². The van der Waals surface area contributed by atoms with Crippen LogP contribution in [0, 0.1) is 5.82 Å². The zero-order valence-corrected chi connectivity index (χ0v) is 11.3. The molecule has 0 radical (unpaired) electrons. The van der Waals surface area contributed by atoms with Gasteiger partial charge in [-0.15, -0.1) is 0 Å². The Bertz CT molecular complexity index is 765. The van der Waals surface area contributed by atoms with E-state index in [4.69, 9.17) is 0 Å². The van der Waals surface area contributed by atoms with E-state index in [0.717, 1.165) is 22.2 Å². The zero-order chi connectivity index (χ0) is 14.7. The molecule has 0 saturated carbocycles. The maximum atomic E-state index is 12.8. The van der Waals surface area contributed by atoms with Crippen LogP contribution in [0.4, 0.5) is 10.1 Å². The molecular weight excluding hydrogens is 269 g/mol. The number of aromatic amines is 1. The number of anilines is 1.